The van der Waals surface area contributed by atoms with Crippen LogP contribution in [0.1, 0.15) is 53.4 Å². The first-order valence-corrected chi connectivity index (χ1v) is 9.71. The number of aliphatic carboxylic acids is 1. The van der Waals surface area contributed by atoms with Crippen LogP contribution in [0.15, 0.2) is 48.5 Å². The molecular formula is C23H26N2O3. The van der Waals surface area contributed by atoms with Crippen molar-refractivity contribution in [2.75, 3.05) is 18.0 Å². The van der Waals surface area contributed by atoms with Gasteiger partial charge in [0.25, 0.3) is 5.91 Å². The van der Waals surface area contributed by atoms with Crippen LogP contribution in [0.25, 0.3) is 6.08 Å². The van der Waals surface area contributed by atoms with E-state index in [1.807, 2.05) is 42.5 Å². The third-order valence-corrected chi connectivity index (χ3v) is 5.23. The molecule has 0 saturated carbocycles. The Morgan fingerprint density at radius 2 is 1.86 bits per heavy atom. The maximum Gasteiger partial charge on any atom is 0.328 e. The number of hydrogen-bond donors (Lipinski definition) is 2. The van der Waals surface area contributed by atoms with Crippen LogP contribution in [0.2, 0.25) is 0 Å². The molecule has 0 aromatic heterocycles. The van der Waals surface area contributed by atoms with Crippen molar-refractivity contribution in [3.8, 4) is 0 Å². The molecule has 1 amide bonds. The molecule has 28 heavy (non-hydrogen) atoms. The SMILES string of the molecule is CCN(CC)c1ccc(C(=O)NC2CCc3cc(C=CC(=O)O)ccc32)cc1. The number of hydrogen-bond acceptors (Lipinski definition) is 3. The number of aryl methyl sites for hydroxylation is 1. The molecule has 0 fully saturated rings. The highest BCUT2D eigenvalue weighted by Gasteiger charge is 2.24. The molecule has 3 rings (SSSR count). The predicted molar refractivity (Wildman–Crippen MR) is 112 cm³/mol. The van der Waals surface area contributed by atoms with Crippen molar-refractivity contribution in [3.63, 3.8) is 0 Å². The Kier molecular flexibility index (Phi) is 6.14. The standard InChI is InChI=1S/C23H26N2O3/c1-3-25(4-2)19-10-7-17(8-11-19)23(28)24-21-13-9-18-15-16(5-12-20(18)21)6-14-22(26)27/h5-8,10-12,14-15,21H,3-4,9,13H2,1-2H3,(H,24,28)(H,26,27). The number of anilines is 1. The first-order chi connectivity index (χ1) is 13.5. The molecule has 0 saturated heterocycles. The van der Waals surface area contributed by atoms with Gasteiger partial charge in [0.1, 0.15) is 0 Å². The molecule has 0 radical (unpaired) electrons. The highest BCUT2D eigenvalue weighted by atomic mass is 16.4. The average molecular weight is 378 g/mol. The van der Waals surface area contributed by atoms with Gasteiger partial charge < -0.3 is 15.3 Å². The highest BCUT2D eigenvalue weighted by Crippen LogP contribution is 2.32. The summed E-state index contributed by atoms with van der Waals surface area (Å²) in [5, 5.41) is 11.9. The Hall–Kier alpha value is -3.08. The third-order valence-electron chi connectivity index (χ3n) is 5.23. The van der Waals surface area contributed by atoms with Gasteiger partial charge in [-0.3, -0.25) is 4.79 Å². The zero-order chi connectivity index (χ0) is 20.1. The summed E-state index contributed by atoms with van der Waals surface area (Å²) in [6.07, 6.45) is 4.45. The van der Waals surface area contributed by atoms with Crippen molar-refractivity contribution >= 4 is 23.6 Å². The van der Waals surface area contributed by atoms with Crippen LogP contribution in [-0.2, 0) is 11.2 Å². The second kappa shape index (κ2) is 8.74. The molecule has 146 valence electrons. The molecule has 0 heterocycles. The van der Waals surface area contributed by atoms with E-state index >= 15 is 0 Å². The van der Waals surface area contributed by atoms with E-state index in [2.05, 4.69) is 24.1 Å². The largest absolute Gasteiger partial charge is 0.478 e. The van der Waals surface area contributed by atoms with Crippen molar-refractivity contribution in [2.45, 2.75) is 32.7 Å². The number of carboxylic acid groups (broad SMARTS) is 1. The van der Waals surface area contributed by atoms with E-state index < -0.39 is 5.97 Å². The summed E-state index contributed by atoms with van der Waals surface area (Å²) in [5.41, 5.74) is 4.91. The third kappa shape index (κ3) is 4.42. The smallest absolute Gasteiger partial charge is 0.328 e. The molecule has 5 nitrogen and oxygen atoms in total. The normalized spacial score (nSPS) is 15.4. The van der Waals surface area contributed by atoms with Crippen LogP contribution >= 0.6 is 0 Å². The maximum atomic E-state index is 12.7. The molecule has 1 atom stereocenters. The van der Waals surface area contributed by atoms with E-state index in [9.17, 15) is 9.59 Å². The number of nitrogens with one attached hydrogen (secondary N) is 1. The summed E-state index contributed by atoms with van der Waals surface area (Å²) in [4.78, 5) is 25.6. The van der Waals surface area contributed by atoms with E-state index in [0.29, 0.717) is 5.56 Å². The van der Waals surface area contributed by atoms with Gasteiger partial charge in [-0.1, -0.05) is 18.2 Å². The van der Waals surface area contributed by atoms with Gasteiger partial charge in [-0.15, -0.1) is 0 Å². The van der Waals surface area contributed by atoms with Crippen LogP contribution in [0.5, 0.6) is 0 Å². The van der Waals surface area contributed by atoms with E-state index in [-0.39, 0.29) is 11.9 Å². The summed E-state index contributed by atoms with van der Waals surface area (Å²) < 4.78 is 0. The van der Waals surface area contributed by atoms with Crippen LogP contribution in [0.4, 0.5) is 5.69 Å². The van der Waals surface area contributed by atoms with Crippen molar-refractivity contribution in [1.82, 2.24) is 5.32 Å². The van der Waals surface area contributed by atoms with Crippen molar-refractivity contribution in [2.24, 2.45) is 0 Å². The second-order valence-electron chi connectivity index (χ2n) is 6.91. The Balaban J connectivity index is 1.69. The number of amides is 1. The van der Waals surface area contributed by atoms with E-state index in [1.54, 1.807) is 6.08 Å². The second-order valence-corrected chi connectivity index (χ2v) is 6.91. The maximum absolute atomic E-state index is 12.7. The van der Waals surface area contributed by atoms with Gasteiger partial charge >= 0.3 is 5.97 Å². The van der Waals surface area contributed by atoms with Gasteiger partial charge in [-0.2, -0.15) is 0 Å². The fourth-order valence-corrected chi connectivity index (χ4v) is 3.71. The first-order valence-electron chi connectivity index (χ1n) is 9.71. The predicted octanol–water partition coefficient (Wildman–Crippen LogP) is 4.05. The Morgan fingerprint density at radius 3 is 2.50 bits per heavy atom. The fraction of sp³-hybridized carbons (Fsp3) is 0.304. The van der Waals surface area contributed by atoms with E-state index in [0.717, 1.165) is 54.4 Å². The van der Waals surface area contributed by atoms with Crippen LogP contribution in [0.3, 0.4) is 0 Å². The van der Waals surface area contributed by atoms with Crippen molar-refractivity contribution in [3.05, 3.63) is 70.8 Å². The molecule has 0 bridgehead atoms. The van der Waals surface area contributed by atoms with Crippen LogP contribution < -0.4 is 10.2 Å². The molecule has 1 aliphatic carbocycles. The fourth-order valence-electron chi connectivity index (χ4n) is 3.71. The molecule has 1 unspecified atom stereocenters. The number of fused-ring (bicyclic) bond motifs is 1. The van der Waals surface area contributed by atoms with Gasteiger partial charge in [0.15, 0.2) is 0 Å². The van der Waals surface area contributed by atoms with Gasteiger partial charge in [-0.05, 0) is 73.7 Å². The minimum absolute atomic E-state index is 0.0116. The van der Waals surface area contributed by atoms with E-state index in [1.165, 1.54) is 0 Å². The lowest BCUT2D eigenvalue weighted by Crippen LogP contribution is -2.27. The number of carbonyl (C=O) groups excluding carboxylic acids is 1. The van der Waals surface area contributed by atoms with Crippen LogP contribution in [-0.4, -0.2) is 30.1 Å². The molecule has 2 N–H and O–H groups in total. The molecule has 5 heteroatoms. The molecule has 0 aliphatic heterocycles. The van der Waals surface area contributed by atoms with E-state index in [4.69, 9.17) is 5.11 Å². The minimum atomic E-state index is -0.961. The quantitative estimate of drug-likeness (QED) is 0.713. The number of benzene rings is 2. The minimum Gasteiger partial charge on any atom is -0.478 e. The summed E-state index contributed by atoms with van der Waals surface area (Å²) >= 11 is 0. The monoisotopic (exact) mass is 378 g/mol. The van der Waals surface area contributed by atoms with Gasteiger partial charge in [-0.25, -0.2) is 4.79 Å². The Morgan fingerprint density at radius 1 is 1.14 bits per heavy atom. The summed E-state index contributed by atoms with van der Waals surface area (Å²) in [7, 11) is 0. The first kappa shape index (κ1) is 19.7. The van der Waals surface area contributed by atoms with Crippen molar-refractivity contribution < 1.29 is 14.7 Å². The Bertz CT molecular complexity index is 883. The number of carboxylic acids is 1. The lowest BCUT2D eigenvalue weighted by Gasteiger charge is -2.21. The molecular weight excluding hydrogens is 352 g/mol. The zero-order valence-corrected chi connectivity index (χ0v) is 16.3. The average Bonchev–Trinajstić information content (AvgIpc) is 3.10. The van der Waals surface area contributed by atoms with Gasteiger partial charge in [0.05, 0.1) is 6.04 Å². The number of carbonyl (C=O) groups is 2. The number of rotatable bonds is 7. The lowest BCUT2D eigenvalue weighted by molar-refractivity contribution is -0.131. The topological polar surface area (TPSA) is 69.6 Å². The van der Waals surface area contributed by atoms with Crippen molar-refractivity contribution in [1.29, 1.82) is 0 Å². The summed E-state index contributed by atoms with van der Waals surface area (Å²) in [5.74, 6) is -1.03. The molecule has 0 spiro atoms. The summed E-state index contributed by atoms with van der Waals surface area (Å²) in [6.45, 7) is 6.10. The zero-order valence-electron chi connectivity index (χ0n) is 16.3. The van der Waals surface area contributed by atoms with Gasteiger partial charge in [0, 0.05) is 30.4 Å². The molecule has 2 aromatic rings. The highest BCUT2D eigenvalue weighted by molar-refractivity contribution is 5.95. The lowest BCUT2D eigenvalue weighted by atomic mass is 10.0. The Labute approximate surface area is 165 Å². The van der Waals surface area contributed by atoms with Gasteiger partial charge in [0.2, 0.25) is 0 Å². The summed E-state index contributed by atoms with van der Waals surface area (Å²) in [6, 6.07) is 13.6. The molecule has 1 aliphatic rings. The number of nitrogens with zero attached hydrogens (tertiary/aromatic N) is 1. The van der Waals surface area contributed by atoms with Crippen LogP contribution in [0, 0.1) is 0 Å². The molecule has 2 aromatic carbocycles.